The second-order valence-electron chi connectivity index (χ2n) is 16.8. The van der Waals surface area contributed by atoms with Crippen molar-refractivity contribution in [3.63, 3.8) is 0 Å². The molecule has 3 heterocycles. The van der Waals surface area contributed by atoms with Gasteiger partial charge >= 0.3 is 6.09 Å². The number of hydrogen-bond acceptors (Lipinski definition) is 11. The number of carbonyl (C=O) groups excluding carboxylic acids is 4. The van der Waals surface area contributed by atoms with E-state index in [1.807, 2.05) is 51.1 Å². The van der Waals surface area contributed by atoms with Gasteiger partial charge in [-0.3, -0.25) is 19.1 Å². The van der Waals surface area contributed by atoms with Crippen molar-refractivity contribution in [2.75, 3.05) is 13.7 Å². The molecule has 15 nitrogen and oxygen atoms in total. The van der Waals surface area contributed by atoms with E-state index >= 15 is 0 Å². The average molecular weight is 819 g/mol. The predicted molar refractivity (Wildman–Crippen MR) is 221 cm³/mol. The lowest BCUT2D eigenvalue weighted by atomic mass is 9.85. The fraction of sp³-hybridized carbons (Fsp3) is 0.659. The van der Waals surface area contributed by atoms with Crippen molar-refractivity contribution in [3.05, 3.63) is 36.4 Å². The van der Waals surface area contributed by atoms with Gasteiger partial charge in [-0.2, -0.15) is 0 Å². The maximum atomic E-state index is 14.9. The molecule has 2 aromatic rings. The molecule has 2 saturated carbocycles. The summed E-state index contributed by atoms with van der Waals surface area (Å²) in [5.41, 5.74) is -2.37. The minimum atomic E-state index is -4.00. The van der Waals surface area contributed by atoms with Crippen LogP contribution in [0.2, 0.25) is 0 Å². The molecule has 7 atom stereocenters. The minimum Gasteiger partial charge on any atom is -0.479 e. The number of ether oxygens (including phenoxy) is 3. The van der Waals surface area contributed by atoms with Crippen LogP contribution in [0.5, 0.6) is 11.8 Å². The number of hydrogen-bond donors (Lipinski definition) is 3. The van der Waals surface area contributed by atoms with Crippen molar-refractivity contribution in [3.8, 4) is 11.8 Å². The van der Waals surface area contributed by atoms with E-state index in [4.69, 9.17) is 14.2 Å². The zero-order valence-electron chi connectivity index (χ0n) is 34.7. The molecule has 1 aromatic heterocycles. The Morgan fingerprint density at radius 3 is 2.33 bits per heavy atom. The second kappa shape index (κ2) is 17.2. The maximum Gasteiger partial charge on any atom is 0.408 e. The lowest BCUT2D eigenvalue weighted by Gasteiger charge is -2.34. The SMILES string of the molecule is CC.CC[C@@H]1C[C@H](C)CC/C=C\[C@@H]2C[C@@]2(C(=O)NS(=O)(=O)C2(C)CC2)NC(=O)[C@@H]2C[C@@H](Oc3nnc(OC)c4ccccc34)CN2C(=O)[C@H]1NC(=O)OC(C)(C)C.[HH].[HH].[HH]. The third-order valence-corrected chi connectivity index (χ3v) is 13.5. The van der Waals surface area contributed by atoms with Gasteiger partial charge in [-0.25, -0.2) is 13.2 Å². The van der Waals surface area contributed by atoms with Crippen LogP contribution in [0.15, 0.2) is 36.4 Å². The van der Waals surface area contributed by atoms with Gasteiger partial charge in [0, 0.05) is 16.6 Å². The molecule has 2 aliphatic heterocycles. The standard InChI is InChI=1S/C39H54N6O9S.C2H6.3H2/c1-8-24-19-23(2)13-9-10-14-25-21-39(25,35(48)44-55(50,51)38(6)17-18-38)41-31(46)29-20-26(22-45(29)34(47)30(24)40-36(49)54-37(3,4)5)53-33-28-16-12-11-15-27(28)32(52-7)42-43-33;1-2;;;/h10-12,14-16,23-26,29-30H,8-9,13,17-22H2,1-7H3,(H,40,49)(H,41,46)(H,44,48);1-2H3;3*1H/b14-10-;;;;/t23-,24-,25-,26-,29+,30+,39-;;;;/m1..../s1. The van der Waals surface area contributed by atoms with Crippen LogP contribution in [0.25, 0.3) is 10.8 Å². The number of nitrogens with one attached hydrogen (secondary N) is 3. The molecule has 57 heavy (non-hydrogen) atoms. The summed E-state index contributed by atoms with van der Waals surface area (Å²) in [5, 5.41) is 15.5. The number of allylic oxidation sites excluding steroid dienone is 1. The van der Waals surface area contributed by atoms with E-state index in [1.165, 1.54) is 12.0 Å². The molecule has 1 aromatic carbocycles. The summed E-state index contributed by atoms with van der Waals surface area (Å²) in [6, 6.07) is 5.08. The van der Waals surface area contributed by atoms with E-state index in [-0.39, 0.29) is 41.4 Å². The summed E-state index contributed by atoms with van der Waals surface area (Å²) < 4.78 is 45.0. The third-order valence-electron chi connectivity index (χ3n) is 11.4. The van der Waals surface area contributed by atoms with Crippen LogP contribution in [0, 0.1) is 17.8 Å². The Kier molecular flexibility index (Phi) is 13.2. The number of fused-ring (bicyclic) bond motifs is 3. The van der Waals surface area contributed by atoms with E-state index in [0.717, 1.165) is 6.42 Å². The number of methoxy groups -OCH3 is 1. The number of aromatic nitrogens is 2. The van der Waals surface area contributed by atoms with Crippen molar-refractivity contribution in [2.45, 2.75) is 141 Å². The van der Waals surface area contributed by atoms with Crippen molar-refractivity contribution in [1.82, 2.24) is 30.5 Å². The van der Waals surface area contributed by atoms with Gasteiger partial charge in [-0.15, -0.1) is 10.2 Å². The molecular formula is C41H66N6O9S. The Hall–Kier alpha value is -4.47. The van der Waals surface area contributed by atoms with Crippen LogP contribution in [-0.2, 0) is 29.1 Å². The number of amides is 4. The lowest BCUT2D eigenvalue weighted by molar-refractivity contribution is -0.142. The molecule has 3 N–H and O–H groups in total. The lowest BCUT2D eigenvalue weighted by Crippen LogP contribution is -2.59. The van der Waals surface area contributed by atoms with Crippen molar-refractivity contribution < 1.29 is 46.1 Å². The molecule has 0 spiro atoms. The molecule has 4 aliphatic rings. The first kappa shape index (κ1) is 43.6. The predicted octanol–water partition coefficient (Wildman–Crippen LogP) is 5.92. The smallest absolute Gasteiger partial charge is 0.408 e. The number of alkyl carbamates (subject to hydrolysis) is 1. The zero-order chi connectivity index (χ0) is 41.9. The summed E-state index contributed by atoms with van der Waals surface area (Å²) in [4.78, 5) is 58.1. The number of sulfonamides is 1. The van der Waals surface area contributed by atoms with Gasteiger partial charge in [0.2, 0.25) is 33.6 Å². The van der Waals surface area contributed by atoms with Gasteiger partial charge in [0.15, 0.2) is 0 Å². The van der Waals surface area contributed by atoms with Crippen molar-refractivity contribution >= 4 is 44.6 Å². The quantitative estimate of drug-likeness (QED) is 0.268. The highest BCUT2D eigenvalue weighted by Gasteiger charge is 2.63. The Labute approximate surface area is 340 Å². The molecule has 0 unspecified atom stereocenters. The molecule has 2 aliphatic carbocycles. The van der Waals surface area contributed by atoms with Crippen LogP contribution >= 0.6 is 0 Å². The fourth-order valence-corrected chi connectivity index (χ4v) is 9.01. The monoisotopic (exact) mass is 818 g/mol. The molecular weight excluding hydrogens is 753 g/mol. The first-order valence-corrected chi connectivity index (χ1v) is 21.7. The van der Waals surface area contributed by atoms with Crippen LogP contribution in [0.1, 0.15) is 111 Å². The van der Waals surface area contributed by atoms with Gasteiger partial charge < -0.3 is 29.7 Å². The highest BCUT2D eigenvalue weighted by Crippen LogP contribution is 2.47. The summed E-state index contributed by atoms with van der Waals surface area (Å²) in [6.07, 6.45) is 6.02. The van der Waals surface area contributed by atoms with Crippen molar-refractivity contribution in [1.29, 1.82) is 0 Å². The van der Waals surface area contributed by atoms with E-state index < -0.39 is 73.8 Å². The van der Waals surface area contributed by atoms with E-state index in [2.05, 4.69) is 32.5 Å². The summed E-state index contributed by atoms with van der Waals surface area (Å²) in [6.45, 7) is 14.8. The molecule has 0 radical (unpaired) electrons. The number of carbonyl (C=O) groups is 4. The Bertz CT molecular complexity index is 1980. The normalized spacial score (nSPS) is 29.1. The first-order valence-electron chi connectivity index (χ1n) is 20.2. The largest absolute Gasteiger partial charge is 0.479 e. The van der Waals surface area contributed by atoms with Gasteiger partial charge in [-0.1, -0.05) is 58.4 Å². The van der Waals surface area contributed by atoms with E-state index in [1.54, 1.807) is 33.8 Å². The second-order valence-corrected chi connectivity index (χ2v) is 19.0. The molecule has 16 heteroatoms. The van der Waals surface area contributed by atoms with E-state index in [9.17, 15) is 27.6 Å². The minimum absolute atomic E-state index is 0. The van der Waals surface area contributed by atoms with E-state index in [0.29, 0.717) is 48.8 Å². The van der Waals surface area contributed by atoms with Crippen LogP contribution < -0.4 is 24.8 Å². The molecule has 3 fully saturated rings. The maximum absolute atomic E-state index is 14.9. The number of nitrogens with zero attached hydrogens (tertiary/aromatic N) is 3. The fourth-order valence-electron chi connectivity index (χ4n) is 7.70. The zero-order valence-corrected chi connectivity index (χ0v) is 35.5. The highest BCUT2D eigenvalue weighted by atomic mass is 32.2. The van der Waals surface area contributed by atoms with Crippen LogP contribution in [0.4, 0.5) is 4.79 Å². The number of benzene rings is 1. The summed E-state index contributed by atoms with van der Waals surface area (Å²) in [5.74, 6) is -2.06. The summed E-state index contributed by atoms with van der Waals surface area (Å²) in [7, 11) is -2.51. The van der Waals surface area contributed by atoms with Crippen molar-refractivity contribution in [2.24, 2.45) is 17.8 Å². The van der Waals surface area contributed by atoms with Gasteiger partial charge in [0.1, 0.15) is 29.3 Å². The Morgan fingerprint density at radius 1 is 1.07 bits per heavy atom. The van der Waals surface area contributed by atoms with Gasteiger partial charge in [0.25, 0.3) is 5.91 Å². The first-order chi connectivity index (χ1) is 26.9. The third kappa shape index (κ3) is 9.64. The van der Waals surface area contributed by atoms with Gasteiger partial charge in [0.05, 0.1) is 29.2 Å². The topological polar surface area (TPSA) is 195 Å². The highest BCUT2D eigenvalue weighted by molar-refractivity contribution is 7.91. The summed E-state index contributed by atoms with van der Waals surface area (Å²) >= 11 is 0. The van der Waals surface area contributed by atoms with Crippen LogP contribution in [0.3, 0.4) is 0 Å². The average Bonchev–Trinajstić information content (AvgIpc) is 4.04. The molecule has 1 saturated heterocycles. The van der Waals surface area contributed by atoms with Crippen LogP contribution in [-0.4, -0.2) is 95.1 Å². The Balaban J connectivity index is 0.00000244. The molecule has 4 amide bonds. The Morgan fingerprint density at radius 2 is 1.72 bits per heavy atom. The molecule has 320 valence electrons. The molecule has 0 bridgehead atoms. The molecule has 6 rings (SSSR count). The van der Waals surface area contributed by atoms with Gasteiger partial charge in [-0.05, 0) is 90.2 Å². The number of rotatable bonds is 8.